The van der Waals surface area contributed by atoms with Crippen molar-refractivity contribution in [3.63, 3.8) is 0 Å². The Morgan fingerprint density at radius 1 is 0.893 bits per heavy atom. The van der Waals surface area contributed by atoms with Crippen molar-refractivity contribution in [3.05, 3.63) is 59.2 Å². The highest BCUT2D eigenvalue weighted by Crippen LogP contribution is 2.34. The van der Waals surface area contributed by atoms with Gasteiger partial charge < -0.3 is 16.0 Å². The maximum atomic E-state index is 12.9. The number of nitrogens with one attached hydrogen (secondary N) is 3. The second-order valence-electron chi connectivity index (χ2n) is 6.10. The summed E-state index contributed by atoms with van der Waals surface area (Å²) in [5.41, 5.74) is 0.745. The second kappa shape index (κ2) is 8.55. The van der Waals surface area contributed by atoms with E-state index in [9.17, 15) is 27.6 Å². The molecule has 0 spiro atoms. The molecule has 2 rings (SSSR count). The quantitative estimate of drug-likeness (QED) is 0.698. The predicted molar refractivity (Wildman–Crippen MR) is 97.6 cm³/mol. The van der Waals surface area contributed by atoms with Crippen LogP contribution in [0.3, 0.4) is 0 Å². The molecule has 3 amide bonds. The third-order valence-electron chi connectivity index (χ3n) is 3.60. The lowest BCUT2D eigenvalue weighted by Crippen LogP contribution is -2.40. The Bertz CT molecular complexity index is 891. The zero-order valence-electron chi connectivity index (χ0n) is 15.1. The number of para-hydroxylation sites is 1. The van der Waals surface area contributed by atoms with E-state index in [1.165, 1.54) is 12.1 Å². The first kappa shape index (κ1) is 20.9. The fourth-order valence-electron chi connectivity index (χ4n) is 2.51. The molecule has 0 aliphatic carbocycles. The van der Waals surface area contributed by atoms with Crippen LogP contribution < -0.4 is 16.0 Å². The summed E-state index contributed by atoms with van der Waals surface area (Å²) in [4.78, 5) is 35.5. The van der Waals surface area contributed by atoms with Gasteiger partial charge in [-0.05, 0) is 49.2 Å². The molecule has 0 aromatic heterocycles. The van der Waals surface area contributed by atoms with Gasteiger partial charge in [0.15, 0.2) is 0 Å². The van der Waals surface area contributed by atoms with Crippen LogP contribution in [0, 0.1) is 13.8 Å². The Hall–Kier alpha value is -3.36. The van der Waals surface area contributed by atoms with Crippen LogP contribution in [0.1, 0.15) is 16.7 Å². The number of carbonyl (C=O) groups excluding carboxylic acids is 3. The monoisotopic (exact) mass is 393 g/mol. The molecule has 2 aromatic carbocycles. The van der Waals surface area contributed by atoms with Crippen LogP contribution in [-0.2, 0) is 20.6 Å². The standard InChI is InChI=1S/C19H18F3N3O3/c1-11-7-12(2)9-13(8-11)24-18(28)17(27)23-10-16(26)25-15-6-4-3-5-14(15)19(20,21)22/h3-9H,10H2,1-2H3,(H,23,27)(H,24,28)(H,25,26). The van der Waals surface area contributed by atoms with E-state index >= 15 is 0 Å². The average molecular weight is 393 g/mol. The van der Waals surface area contributed by atoms with Gasteiger partial charge in [0.25, 0.3) is 0 Å². The number of amides is 3. The minimum absolute atomic E-state index is 0.418. The molecular formula is C19H18F3N3O3. The average Bonchev–Trinajstić information content (AvgIpc) is 2.58. The van der Waals surface area contributed by atoms with E-state index in [0.29, 0.717) is 5.69 Å². The van der Waals surface area contributed by atoms with E-state index in [4.69, 9.17) is 0 Å². The van der Waals surface area contributed by atoms with E-state index < -0.39 is 41.7 Å². The molecule has 0 bridgehead atoms. The zero-order chi connectivity index (χ0) is 20.9. The van der Waals surface area contributed by atoms with Gasteiger partial charge in [-0.3, -0.25) is 14.4 Å². The lowest BCUT2D eigenvalue weighted by Gasteiger charge is -2.13. The molecule has 9 heteroatoms. The molecule has 28 heavy (non-hydrogen) atoms. The van der Waals surface area contributed by atoms with Gasteiger partial charge in [-0.25, -0.2) is 0 Å². The number of hydrogen-bond donors (Lipinski definition) is 3. The molecule has 0 heterocycles. The summed E-state index contributed by atoms with van der Waals surface area (Å²) in [5.74, 6) is -2.98. The van der Waals surface area contributed by atoms with Crippen LogP contribution in [0.4, 0.5) is 24.5 Å². The van der Waals surface area contributed by atoms with Gasteiger partial charge in [-0.15, -0.1) is 0 Å². The van der Waals surface area contributed by atoms with E-state index in [1.807, 2.05) is 19.9 Å². The van der Waals surface area contributed by atoms with Gasteiger partial charge in [-0.1, -0.05) is 18.2 Å². The molecule has 6 nitrogen and oxygen atoms in total. The molecule has 0 fully saturated rings. The smallest absolute Gasteiger partial charge is 0.339 e. The highest BCUT2D eigenvalue weighted by atomic mass is 19.4. The number of hydrogen-bond acceptors (Lipinski definition) is 3. The molecule has 0 aliphatic rings. The van der Waals surface area contributed by atoms with Crippen LogP contribution in [0.25, 0.3) is 0 Å². The SMILES string of the molecule is Cc1cc(C)cc(NC(=O)C(=O)NCC(=O)Nc2ccccc2C(F)(F)F)c1. The lowest BCUT2D eigenvalue weighted by atomic mass is 10.1. The van der Waals surface area contributed by atoms with E-state index in [1.54, 1.807) is 12.1 Å². The highest BCUT2D eigenvalue weighted by molar-refractivity contribution is 6.39. The number of anilines is 2. The van der Waals surface area contributed by atoms with Crippen molar-refractivity contribution in [2.45, 2.75) is 20.0 Å². The summed E-state index contributed by atoms with van der Waals surface area (Å²) in [6.45, 7) is 2.99. The topological polar surface area (TPSA) is 87.3 Å². The van der Waals surface area contributed by atoms with Crippen molar-refractivity contribution in [1.29, 1.82) is 0 Å². The molecule has 0 aliphatic heterocycles. The summed E-state index contributed by atoms with van der Waals surface area (Å²) in [5, 5.41) is 6.53. The zero-order valence-corrected chi connectivity index (χ0v) is 15.1. The maximum Gasteiger partial charge on any atom is 0.418 e. The van der Waals surface area contributed by atoms with Crippen molar-refractivity contribution in [3.8, 4) is 0 Å². The second-order valence-corrected chi connectivity index (χ2v) is 6.10. The predicted octanol–water partition coefficient (Wildman–Crippen LogP) is 3.02. The van der Waals surface area contributed by atoms with Crippen LogP contribution in [-0.4, -0.2) is 24.3 Å². The fraction of sp³-hybridized carbons (Fsp3) is 0.211. The van der Waals surface area contributed by atoms with Gasteiger partial charge in [0.2, 0.25) is 5.91 Å². The van der Waals surface area contributed by atoms with Crippen molar-refractivity contribution < 1.29 is 27.6 Å². The summed E-state index contributed by atoms with van der Waals surface area (Å²) in [6.07, 6.45) is -4.64. The van der Waals surface area contributed by atoms with E-state index in [-0.39, 0.29) is 0 Å². The Kier molecular flexibility index (Phi) is 6.40. The lowest BCUT2D eigenvalue weighted by molar-refractivity contribution is -0.137. The van der Waals surface area contributed by atoms with Crippen molar-refractivity contribution in [1.82, 2.24) is 5.32 Å². The summed E-state index contributed by atoms with van der Waals surface area (Å²) in [6, 6.07) is 9.66. The summed E-state index contributed by atoms with van der Waals surface area (Å²) < 4.78 is 38.7. The van der Waals surface area contributed by atoms with Gasteiger partial charge >= 0.3 is 18.0 Å². The number of alkyl halides is 3. The van der Waals surface area contributed by atoms with Crippen LogP contribution in [0.15, 0.2) is 42.5 Å². The molecule has 2 aromatic rings. The number of halogens is 3. The fourth-order valence-corrected chi connectivity index (χ4v) is 2.51. The van der Waals surface area contributed by atoms with E-state index in [2.05, 4.69) is 16.0 Å². The first-order valence-corrected chi connectivity index (χ1v) is 8.20. The molecule has 0 saturated heterocycles. The highest BCUT2D eigenvalue weighted by Gasteiger charge is 2.33. The third-order valence-corrected chi connectivity index (χ3v) is 3.60. The Labute approximate surface area is 159 Å². The largest absolute Gasteiger partial charge is 0.418 e. The Balaban J connectivity index is 1.92. The van der Waals surface area contributed by atoms with Crippen molar-refractivity contribution in [2.75, 3.05) is 17.2 Å². The van der Waals surface area contributed by atoms with Crippen LogP contribution in [0.2, 0.25) is 0 Å². The summed E-state index contributed by atoms with van der Waals surface area (Å²) >= 11 is 0. The minimum atomic E-state index is -4.64. The molecule has 148 valence electrons. The summed E-state index contributed by atoms with van der Waals surface area (Å²) in [7, 11) is 0. The third kappa shape index (κ3) is 5.83. The molecule has 0 radical (unpaired) electrons. The molecule has 0 atom stereocenters. The Morgan fingerprint density at radius 2 is 1.50 bits per heavy atom. The van der Waals surface area contributed by atoms with Gasteiger partial charge in [0, 0.05) is 5.69 Å². The van der Waals surface area contributed by atoms with Gasteiger partial charge in [0.05, 0.1) is 17.8 Å². The first-order valence-electron chi connectivity index (χ1n) is 8.20. The maximum absolute atomic E-state index is 12.9. The molecule has 0 unspecified atom stereocenters. The number of aryl methyl sites for hydroxylation is 2. The van der Waals surface area contributed by atoms with Crippen LogP contribution in [0.5, 0.6) is 0 Å². The number of carbonyl (C=O) groups is 3. The van der Waals surface area contributed by atoms with Gasteiger partial charge in [-0.2, -0.15) is 13.2 Å². The minimum Gasteiger partial charge on any atom is -0.339 e. The Morgan fingerprint density at radius 3 is 2.11 bits per heavy atom. The van der Waals surface area contributed by atoms with Crippen LogP contribution >= 0.6 is 0 Å². The van der Waals surface area contributed by atoms with Gasteiger partial charge in [0.1, 0.15) is 0 Å². The molecule has 3 N–H and O–H groups in total. The van der Waals surface area contributed by atoms with Crippen molar-refractivity contribution in [2.24, 2.45) is 0 Å². The normalized spacial score (nSPS) is 10.9. The molecule has 0 saturated carbocycles. The first-order chi connectivity index (χ1) is 13.1. The number of rotatable bonds is 4. The van der Waals surface area contributed by atoms with Crippen molar-refractivity contribution >= 4 is 29.1 Å². The van der Waals surface area contributed by atoms with E-state index in [0.717, 1.165) is 23.3 Å². The number of benzene rings is 2. The molecular weight excluding hydrogens is 375 g/mol.